The van der Waals surface area contributed by atoms with Crippen LogP contribution >= 0.6 is 0 Å². The van der Waals surface area contributed by atoms with Gasteiger partial charge in [-0.25, -0.2) is 0 Å². The number of nitro groups is 1. The first kappa shape index (κ1) is 13.6. The molecule has 0 amide bonds. The first-order valence-electron chi connectivity index (χ1n) is 6.31. The lowest BCUT2D eigenvalue weighted by molar-refractivity contribution is -0.384. The van der Waals surface area contributed by atoms with Crippen LogP contribution in [0.1, 0.15) is 20.3 Å². The van der Waals surface area contributed by atoms with Crippen molar-refractivity contribution in [1.29, 1.82) is 0 Å². The number of nitrogens with one attached hydrogen (secondary N) is 2. The highest BCUT2D eigenvalue weighted by molar-refractivity contribution is 5.64. The molecule has 19 heavy (non-hydrogen) atoms. The summed E-state index contributed by atoms with van der Waals surface area (Å²) in [5.74, 6) is 0. The van der Waals surface area contributed by atoms with Crippen molar-refractivity contribution in [3.05, 3.63) is 28.3 Å². The largest absolute Gasteiger partial charge is 0.388 e. The van der Waals surface area contributed by atoms with Crippen molar-refractivity contribution in [3.8, 4) is 0 Å². The quantitative estimate of drug-likeness (QED) is 0.646. The van der Waals surface area contributed by atoms with Gasteiger partial charge >= 0.3 is 0 Å². The predicted octanol–water partition coefficient (Wildman–Crippen LogP) is 2.62. The summed E-state index contributed by atoms with van der Waals surface area (Å²) in [6, 6.07) is 4.93. The van der Waals surface area contributed by atoms with E-state index in [1.165, 1.54) is 6.07 Å². The fourth-order valence-electron chi connectivity index (χ4n) is 2.26. The van der Waals surface area contributed by atoms with Crippen LogP contribution in [0, 0.1) is 10.1 Å². The molecule has 6 nitrogen and oxygen atoms in total. The van der Waals surface area contributed by atoms with E-state index in [9.17, 15) is 10.1 Å². The highest BCUT2D eigenvalue weighted by atomic mass is 16.6. The number of nitro benzene ring substituents is 1. The van der Waals surface area contributed by atoms with E-state index < -0.39 is 0 Å². The molecule has 0 spiro atoms. The molecule has 2 rings (SSSR count). The molecule has 1 fully saturated rings. The van der Waals surface area contributed by atoms with Crippen LogP contribution in [0.3, 0.4) is 0 Å². The van der Waals surface area contributed by atoms with Gasteiger partial charge < -0.3 is 15.4 Å². The smallest absolute Gasteiger partial charge is 0.273 e. The second-order valence-corrected chi connectivity index (χ2v) is 5.08. The van der Waals surface area contributed by atoms with E-state index in [4.69, 9.17) is 4.74 Å². The van der Waals surface area contributed by atoms with Crippen LogP contribution in [0.2, 0.25) is 0 Å². The minimum Gasteiger partial charge on any atom is -0.388 e. The van der Waals surface area contributed by atoms with Crippen molar-refractivity contribution in [2.75, 3.05) is 24.3 Å². The molecule has 2 atom stereocenters. The Kier molecular flexibility index (Phi) is 3.61. The molecular weight excluding hydrogens is 246 g/mol. The van der Waals surface area contributed by atoms with Crippen LogP contribution in [0.5, 0.6) is 0 Å². The molecule has 2 N–H and O–H groups in total. The maximum Gasteiger partial charge on any atom is 0.273 e. The summed E-state index contributed by atoms with van der Waals surface area (Å²) >= 11 is 0. The van der Waals surface area contributed by atoms with E-state index in [0.717, 1.165) is 12.1 Å². The molecule has 6 heteroatoms. The van der Waals surface area contributed by atoms with Crippen LogP contribution < -0.4 is 10.6 Å². The van der Waals surface area contributed by atoms with E-state index in [2.05, 4.69) is 17.6 Å². The van der Waals surface area contributed by atoms with Gasteiger partial charge in [-0.1, -0.05) is 0 Å². The van der Waals surface area contributed by atoms with Crippen molar-refractivity contribution in [2.45, 2.75) is 31.9 Å². The van der Waals surface area contributed by atoms with Crippen molar-refractivity contribution in [3.63, 3.8) is 0 Å². The maximum atomic E-state index is 10.9. The number of rotatable bonds is 4. The summed E-state index contributed by atoms with van der Waals surface area (Å²) in [4.78, 5) is 10.5. The highest BCUT2D eigenvalue weighted by Crippen LogP contribution is 2.32. The fraction of sp³-hybridized carbons (Fsp3) is 0.538. The summed E-state index contributed by atoms with van der Waals surface area (Å²) in [6.07, 6.45) is 0.955. The second-order valence-electron chi connectivity index (χ2n) is 5.08. The summed E-state index contributed by atoms with van der Waals surface area (Å²) in [5, 5.41) is 17.2. The molecular formula is C13H19N3O3. The molecule has 0 aromatic heterocycles. The lowest BCUT2D eigenvalue weighted by Gasteiger charge is -2.30. The lowest BCUT2D eigenvalue weighted by Crippen LogP contribution is -2.41. The van der Waals surface area contributed by atoms with Gasteiger partial charge in [0.05, 0.1) is 16.6 Å². The van der Waals surface area contributed by atoms with Crippen molar-refractivity contribution in [2.24, 2.45) is 0 Å². The normalized spacial score (nSPS) is 26.2. The monoisotopic (exact) mass is 265 g/mol. The van der Waals surface area contributed by atoms with E-state index >= 15 is 0 Å². The van der Waals surface area contributed by atoms with E-state index in [1.54, 1.807) is 13.1 Å². The van der Waals surface area contributed by atoms with E-state index in [1.807, 2.05) is 13.0 Å². The first-order valence-corrected chi connectivity index (χ1v) is 6.31. The SMILES string of the molecule is CNc1cc(NC2(C)CCOC2C)cc([N+](=O)[O-])c1. The summed E-state index contributed by atoms with van der Waals surface area (Å²) in [6.45, 7) is 4.79. The van der Waals surface area contributed by atoms with Gasteiger partial charge in [-0.3, -0.25) is 10.1 Å². The Hall–Kier alpha value is -1.82. The molecule has 2 unspecified atom stereocenters. The van der Waals surface area contributed by atoms with Crippen molar-refractivity contribution < 1.29 is 9.66 Å². The third-order valence-corrected chi connectivity index (χ3v) is 3.73. The average Bonchev–Trinajstić information content (AvgIpc) is 2.68. The predicted molar refractivity (Wildman–Crippen MR) is 74.7 cm³/mol. The van der Waals surface area contributed by atoms with Gasteiger partial charge in [0, 0.05) is 37.2 Å². The third kappa shape index (κ3) is 2.78. The number of hydrogen-bond donors (Lipinski definition) is 2. The number of benzene rings is 1. The second kappa shape index (κ2) is 5.05. The minimum atomic E-state index is -0.386. The highest BCUT2D eigenvalue weighted by Gasteiger charge is 2.37. The van der Waals surface area contributed by atoms with Crippen LogP contribution in [0.15, 0.2) is 18.2 Å². The molecule has 0 saturated carbocycles. The van der Waals surface area contributed by atoms with Crippen LogP contribution in [0.25, 0.3) is 0 Å². The Morgan fingerprint density at radius 3 is 2.63 bits per heavy atom. The fourth-order valence-corrected chi connectivity index (χ4v) is 2.26. The molecule has 1 aromatic rings. The van der Waals surface area contributed by atoms with Gasteiger partial charge in [0.25, 0.3) is 5.69 Å². The molecule has 1 aliphatic heterocycles. The molecule has 0 aliphatic carbocycles. The molecule has 0 radical (unpaired) electrons. The zero-order valence-corrected chi connectivity index (χ0v) is 11.4. The van der Waals surface area contributed by atoms with Crippen molar-refractivity contribution >= 4 is 17.1 Å². The maximum absolute atomic E-state index is 10.9. The summed E-state index contributed by atoms with van der Waals surface area (Å²) in [5.41, 5.74) is 1.33. The molecule has 1 aromatic carbocycles. The van der Waals surface area contributed by atoms with E-state index in [0.29, 0.717) is 12.3 Å². The minimum absolute atomic E-state index is 0.0736. The van der Waals surface area contributed by atoms with Gasteiger partial charge in [0.1, 0.15) is 0 Å². The van der Waals surface area contributed by atoms with Crippen LogP contribution in [0.4, 0.5) is 17.1 Å². The topological polar surface area (TPSA) is 76.4 Å². The average molecular weight is 265 g/mol. The van der Waals surface area contributed by atoms with E-state index in [-0.39, 0.29) is 22.3 Å². The summed E-state index contributed by atoms with van der Waals surface area (Å²) in [7, 11) is 1.74. The lowest BCUT2D eigenvalue weighted by atomic mass is 9.94. The molecule has 0 bridgehead atoms. The zero-order valence-electron chi connectivity index (χ0n) is 11.4. The van der Waals surface area contributed by atoms with Gasteiger partial charge in [-0.05, 0) is 26.3 Å². The number of non-ortho nitro benzene ring substituents is 1. The molecule has 1 saturated heterocycles. The number of hydrogen-bond acceptors (Lipinski definition) is 5. The zero-order chi connectivity index (χ0) is 14.0. The van der Waals surface area contributed by atoms with Crippen LogP contribution in [-0.4, -0.2) is 30.2 Å². The number of ether oxygens (including phenoxy) is 1. The first-order chi connectivity index (χ1) is 8.94. The Balaban J connectivity index is 2.29. The number of anilines is 2. The molecule has 1 aliphatic rings. The molecule has 104 valence electrons. The molecule has 1 heterocycles. The Labute approximate surface area is 112 Å². The van der Waals surface area contributed by atoms with Gasteiger partial charge in [-0.15, -0.1) is 0 Å². The van der Waals surface area contributed by atoms with Gasteiger partial charge in [0.2, 0.25) is 0 Å². The Morgan fingerprint density at radius 1 is 1.42 bits per heavy atom. The Morgan fingerprint density at radius 2 is 2.11 bits per heavy atom. The van der Waals surface area contributed by atoms with Crippen molar-refractivity contribution in [1.82, 2.24) is 0 Å². The standard InChI is InChI=1S/C13H19N3O3/c1-9-13(2,4-5-19-9)15-11-6-10(14-3)7-12(8-11)16(17)18/h6-9,14-15H,4-5H2,1-3H3. The van der Waals surface area contributed by atoms with Gasteiger partial charge in [-0.2, -0.15) is 0 Å². The third-order valence-electron chi connectivity index (χ3n) is 3.73. The summed E-state index contributed by atoms with van der Waals surface area (Å²) < 4.78 is 5.56. The number of nitrogens with zero attached hydrogens (tertiary/aromatic N) is 1. The van der Waals surface area contributed by atoms with Crippen LogP contribution in [-0.2, 0) is 4.74 Å². The van der Waals surface area contributed by atoms with Gasteiger partial charge in [0.15, 0.2) is 0 Å². The Bertz CT molecular complexity index is 492.